The van der Waals surface area contributed by atoms with Crippen LogP contribution in [0, 0.1) is 10.1 Å². The number of aromatic nitrogens is 2. The quantitative estimate of drug-likeness (QED) is 0.317. The van der Waals surface area contributed by atoms with E-state index in [0.29, 0.717) is 56.2 Å². The van der Waals surface area contributed by atoms with Crippen molar-refractivity contribution in [2.75, 3.05) is 63.9 Å². The number of anilines is 2. The lowest BCUT2D eigenvalue weighted by Gasteiger charge is -2.24. The lowest BCUT2D eigenvalue weighted by Crippen LogP contribution is -2.31. The predicted octanol–water partition coefficient (Wildman–Crippen LogP) is 1.02. The number of nitro benzene ring substituents is 1. The van der Waals surface area contributed by atoms with Gasteiger partial charge in [-0.2, -0.15) is 0 Å². The summed E-state index contributed by atoms with van der Waals surface area (Å²) < 4.78 is 15.1. The second kappa shape index (κ2) is 9.85. The second-order valence-electron chi connectivity index (χ2n) is 5.49. The highest BCUT2D eigenvalue weighted by atomic mass is 16.6. The van der Waals surface area contributed by atoms with Gasteiger partial charge >= 0.3 is 5.69 Å². The first kappa shape index (κ1) is 19.8. The number of hydrogen-bond donors (Lipinski definition) is 2. The van der Waals surface area contributed by atoms with E-state index in [1.165, 1.54) is 0 Å². The maximum absolute atomic E-state index is 11.5. The molecule has 0 atom stereocenters. The van der Waals surface area contributed by atoms with Gasteiger partial charge in [-0.3, -0.25) is 10.1 Å². The Morgan fingerprint density at radius 3 is 2.50 bits per heavy atom. The molecule has 0 aliphatic heterocycles. The van der Waals surface area contributed by atoms with Crippen molar-refractivity contribution in [2.24, 2.45) is 0 Å². The van der Waals surface area contributed by atoms with Gasteiger partial charge < -0.3 is 24.8 Å². The second-order valence-corrected chi connectivity index (χ2v) is 5.49. The third-order valence-electron chi connectivity index (χ3n) is 3.80. The van der Waals surface area contributed by atoms with Gasteiger partial charge in [0.1, 0.15) is 5.69 Å². The fourth-order valence-electron chi connectivity index (χ4n) is 2.53. The Labute approximate surface area is 150 Å². The fourth-order valence-corrected chi connectivity index (χ4v) is 2.53. The normalized spacial score (nSPS) is 11.0. The van der Waals surface area contributed by atoms with Crippen molar-refractivity contribution in [3.8, 4) is 0 Å². The highest BCUT2D eigenvalue weighted by Crippen LogP contribution is 2.38. The van der Waals surface area contributed by atoms with E-state index in [1.807, 2.05) is 4.90 Å². The van der Waals surface area contributed by atoms with E-state index in [9.17, 15) is 10.1 Å². The summed E-state index contributed by atoms with van der Waals surface area (Å²) in [6.45, 7) is 2.35. The minimum absolute atomic E-state index is 0.0186. The molecule has 0 bridgehead atoms. The molecule has 2 rings (SSSR count). The van der Waals surface area contributed by atoms with Gasteiger partial charge in [-0.25, -0.2) is 4.63 Å². The van der Waals surface area contributed by atoms with Crippen molar-refractivity contribution in [1.29, 1.82) is 0 Å². The number of nitrogens with zero attached hydrogens (tertiary/aromatic N) is 4. The maximum atomic E-state index is 11.5. The van der Waals surface area contributed by atoms with Crippen LogP contribution in [-0.2, 0) is 9.47 Å². The van der Waals surface area contributed by atoms with E-state index in [2.05, 4.69) is 15.6 Å². The molecule has 11 nitrogen and oxygen atoms in total. The van der Waals surface area contributed by atoms with Crippen LogP contribution < -0.4 is 10.2 Å². The number of fused-ring (bicyclic) bond motifs is 1. The lowest BCUT2D eigenvalue weighted by molar-refractivity contribution is -0.382. The number of methoxy groups -OCH3 is 2. The largest absolute Gasteiger partial charge is 0.396 e. The number of nitro groups is 1. The van der Waals surface area contributed by atoms with Crippen LogP contribution in [0.3, 0.4) is 0 Å². The lowest BCUT2D eigenvalue weighted by atomic mass is 10.1. The monoisotopic (exact) mass is 369 g/mol. The van der Waals surface area contributed by atoms with Crippen LogP contribution in [-0.4, -0.2) is 74.0 Å². The average molecular weight is 369 g/mol. The third-order valence-corrected chi connectivity index (χ3v) is 3.80. The van der Waals surface area contributed by atoms with E-state index in [4.69, 9.17) is 19.2 Å². The van der Waals surface area contributed by atoms with Gasteiger partial charge in [-0.05, 0) is 22.8 Å². The molecule has 0 unspecified atom stereocenters. The molecule has 11 heteroatoms. The molecule has 0 saturated heterocycles. The van der Waals surface area contributed by atoms with Crippen LogP contribution in [0.5, 0.6) is 0 Å². The Morgan fingerprint density at radius 2 is 1.92 bits per heavy atom. The van der Waals surface area contributed by atoms with Gasteiger partial charge in [0.15, 0.2) is 5.52 Å². The molecule has 26 heavy (non-hydrogen) atoms. The number of aliphatic hydroxyl groups excluding tert-OH is 1. The molecular weight excluding hydrogens is 346 g/mol. The van der Waals surface area contributed by atoms with Crippen LogP contribution in [0.25, 0.3) is 11.0 Å². The van der Waals surface area contributed by atoms with E-state index < -0.39 is 4.92 Å². The number of benzene rings is 1. The summed E-state index contributed by atoms with van der Waals surface area (Å²) in [6.07, 6.45) is 0.457. The summed E-state index contributed by atoms with van der Waals surface area (Å²) in [7, 11) is 3.19. The van der Waals surface area contributed by atoms with Crippen molar-refractivity contribution in [2.45, 2.75) is 6.42 Å². The number of aliphatic hydroxyl groups is 1. The van der Waals surface area contributed by atoms with Gasteiger partial charge in [0.25, 0.3) is 0 Å². The molecule has 0 aliphatic rings. The fraction of sp³-hybridized carbons (Fsp3) is 0.600. The maximum Gasteiger partial charge on any atom is 0.323 e. The molecule has 0 amide bonds. The Morgan fingerprint density at radius 1 is 1.27 bits per heavy atom. The molecule has 0 spiro atoms. The minimum Gasteiger partial charge on any atom is -0.396 e. The van der Waals surface area contributed by atoms with Crippen molar-refractivity contribution in [3.05, 3.63) is 16.2 Å². The van der Waals surface area contributed by atoms with E-state index in [1.54, 1.807) is 20.3 Å². The Balaban J connectivity index is 2.50. The zero-order valence-electron chi connectivity index (χ0n) is 14.8. The smallest absolute Gasteiger partial charge is 0.323 e. The molecule has 0 aliphatic carbocycles. The van der Waals surface area contributed by atoms with Gasteiger partial charge in [0, 0.05) is 40.5 Å². The molecule has 2 aromatic rings. The van der Waals surface area contributed by atoms with E-state index in [-0.39, 0.29) is 17.8 Å². The molecule has 1 heterocycles. The van der Waals surface area contributed by atoms with Crippen LogP contribution in [0.1, 0.15) is 6.42 Å². The molecular formula is C15H23N5O6. The molecule has 1 aromatic carbocycles. The van der Waals surface area contributed by atoms with Gasteiger partial charge in [-0.15, -0.1) is 0 Å². The Kier molecular flexibility index (Phi) is 7.51. The van der Waals surface area contributed by atoms with Crippen LogP contribution in [0.4, 0.5) is 17.1 Å². The highest BCUT2D eigenvalue weighted by molar-refractivity contribution is 5.99. The number of ether oxygens (including phenoxy) is 2. The summed E-state index contributed by atoms with van der Waals surface area (Å²) in [5, 5.41) is 31.1. The van der Waals surface area contributed by atoms with Crippen LogP contribution in [0.15, 0.2) is 10.7 Å². The SMILES string of the molecule is COCCN(CCOC)c1cc(NCCCO)c([N+](=O)[O-])c2nonc12. The molecule has 0 saturated carbocycles. The zero-order valence-corrected chi connectivity index (χ0v) is 14.8. The number of nitrogens with one attached hydrogen (secondary N) is 1. The molecule has 144 valence electrons. The average Bonchev–Trinajstić information content (AvgIpc) is 3.10. The van der Waals surface area contributed by atoms with Crippen molar-refractivity contribution >= 4 is 28.1 Å². The Hall–Kier alpha value is -2.50. The molecule has 0 fully saturated rings. The first-order valence-corrected chi connectivity index (χ1v) is 8.15. The van der Waals surface area contributed by atoms with Gasteiger partial charge in [-0.1, -0.05) is 0 Å². The summed E-state index contributed by atoms with van der Waals surface area (Å²) >= 11 is 0. The topological polar surface area (TPSA) is 136 Å². The van der Waals surface area contributed by atoms with Crippen molar-refractivity contribution < 1.29 is 24.1 Å². The third kappa shape index (κ3) is 4.56. The van der Waals surface area contributed by atoms with Crippen LogP contribution in [0.2, 0.25) is 0 Å². The first-order valence-electron chi connectivity index (χ1n) is 8.15. The minimum atomic E-state index is -0.522. The van der Waals surface area contributed by atoms with E-state index >= 15 is 0 Å². The number of hydrogen-bond acceptors (Lipinski definition) is 10. The summed E-state index contributed by atoms with van der Waals surface area (Å²) in [5.41, 5.74) is 1.09. The molecule has 2 N–H and O–H groups in total. The molecule has 0 radical (unpaired) electrons. The predicted molar refractivity (Wildman–Crippen MR) is 94.6 cm³/mol. The zero-order chi connectivity index (χ0) is 18.9. The summed E-state index contributed by atoms with van der Waals surface area (Å²) in [4.78, 5) is 13.0. The highest BCUT2D eigenvalue weighted by Gasteiger charge is 2.27. The van der Waals surface area contributed by atoms with Crippen molar-refractivity contribution in [3.63, 3.8) is 0 Å². The first-order chi connectivity index (χ1) is 12.6. The van der Waals surface area contributed by atoms with Crippen LogP contribution >= 0.6 is 0 Å². The van der Waals surface area contributed by atoms with E-state index in [0.717, 1.165) is 0 Å². The number of rotatable bonds is 12. The Bertz CT molecular complexity index is 714. The standard InChI is InChI=1S/C15H23N5O6/c1-24-8-5-19(6-9-25-2)12-10-11(16-4-3-7-21)15(20(22)23)14-13(12)17-26-18-14/h10,16,21H,3-9H2,1-2H3. The summed E-state index contributed by atoms with van der Waals surface area (Å²) in [5.74, 6) is 0. The molecule has 1 aromatic heterocycles. The van der Waals surface area contributed by atoms with Gasteiger partial charge in [0.2, 0.25) is 5.52 Å². The van der Waals surface area contributed by atoms with Crippen molar-refractivity contribution in [1.82, 2.24) is 10.3 Å². The summed E-state index contributed by atoms with van der Waals surface area (Å²) in [6, 6.07) is 1.65. The van der Waals surface area contributed by atoms with Gasteiger partial charge in [0.05, 0.1) is 23.8 Å².